The van der Waals surface area contributed by atoms with Crippen molar-refractivity contribution in [2.24, 2.45) is 4.99 Å². The second kappa shape index (κ2) is 3.41. The Morgan fingerprint density at radius 1 is 1.00 bits per heavy atom. The van der Waals surface area contributed by atoms with Crippen LogP contribution in [0.2, 0.25) is 0 Å². The van der Waals surface area contributed by atoms with Crippen molar-refractivity contribution in [2.45, 2.75) is 6.42 Å². The van der Waals surface area contributed by atoms with E-state index in [0.717, 1.165) is 13.0 Å². The van der Waals surface area contributed by atoms with E-state index in [0.29, 0.717) is 0 Å². The Morgan fingerprint density at radius 3 is 2.76 bits per heavy atom. The minimum Gasteiger partial charge on any atom is -0.280 e. The molecule has 0 saturated heterocycles. The van der Waals surface area contributed by atoms with Crippen LogP contribution in [0.5, 0.6) is 0 Å². The van der Waals surface area contributed by atoms with Crippen molar-refractivity contribution in [1.82, 2.24) is 0 Å². The SMILES string of the molecule is c1ccc(C2=NCC3=C2Cc2sccc23)cc1. The minimum atomic E-state index is 0.864. The van der Waals surface area contributed by atoms with Gasteiger partial charge in [0.15, 0.2) is 0 Å². The standard InChI is InChI=1S/C15H11NS/c1-2-4-10(5-3-1)15-12-8-14-11(6-7-17-14)13(12)9-16-15/h1-7H,8-9H2. The summed E-state index contributed by atoms with van der Waals surface area (Å²) < 4.78 is 0. The Balaban J connectivity index is 1.81. The van der Waals surface area contributed by atoms with Gasteiger partial charge in [0, 0.05) is 11.3 Å². The highest BCUT2D eigenvalue weighted by Crippen LogP contribution is 2.40. The number of hydrogen-bond donors (Lipinski definition) is 0. The Bertz CT molecular complexity index is 647. The van der Waals surface area contributed by atoms with Crippen molar-refractivity contribution in [3.63, 3.8) is 0 Å². The van der Waals surface area contributed by atoms with Crippen molar-refractivity contribution < 1.29 is 0 Å². The lowest BCUT2D eigenvalue weighted by atomic mass is 10.0. The Hall–Kier alpha value is -1.67. The van der Waals surface area contributed by atoms with Crippen molar-refractivity contribution in [2.75, 3.05) is 6.54 Å². The largest absolute Gasteiger partial charge is 0.280 e. The normalized spacial score (nSPS) is 17.1. The van der Waals surface area contributed by atoms with E-state index in [2.05, 4.69) is 41.8 Å². The molecule has 0 saturated carbocycles. The molecule has 1 aliphatic carbocycles. The van der Waals surface area contributed by atoms with Gasteiger partial charge in [-0.25, -0.2) is 0 Å². The molecule has 0 unspecified atom stereocenters. The molecule has 1 aromatic heterocycles. The number of hydrogen-bond acceptors (Lipinski definition) is 2. The molecule has 2 aliphatic rings. The molecule has 0 N–H and O–H groups in total. The lowest BCUT2D eigenvalue weighted by Crippen LogP contribution is -2.02. The molecule has 4 rings (SSSR count). The molecule has 1 aliphatic heterocycles. The van der Waals surface area contributed by atoms with Gasteiger partial charge in [-0.3, -0.25) is 4.99 Å². The van der Waals surface area contributed by atoms with Crippen LogP contribution in [-0.2, 0) is 6.42 Å². The zero-order valence-corrected chi connectivity index (χ0v) is 10.1. The highest BCUT2D eigenvalue weighted by atomic mass is 32.1. The van der Waals surface area contributed by atoms with E-state index in [1.165, 1.54) is 32.9 Å². The molecular formula is C15H11NS. The van der Waals surface area contributed by atoms with E-state index in [1.54, 1.807) is 0 Å². The van der Waals surface area contributed by atoms with Gasteiger partial charge in [0.25, 0.3) is 0 Å². The molecule has 0 bridgehead atoms. The third-order valence-electron chi connectivity index (χ3n) is 3.50. The number of benzene rings is 1. The average Bonchev–Trinajstić information content (AvgIpc) is 3.00. The van der Waals surface area contributed by atoms with Crippen molar-refractivity contribution >= 4 is 22.6 Å². The zero-order chi connectivity index (χ0) is 11.2. The number of allylic oxidation sites excluding steroid dienone is 1. The maximum absolute atomic E-state index is 4.72. The third kappa shape index (κ3) is 1.28. The quantitative estimate of drug-likeness (QED) is 0.719. The zero-order valence-electron chi connectivity index (χ0n) is 9.31. The van der Waals surface area contributed by atoms with Crippen molar-refractivity contribution in [3.8, 4) is 0 Å². The second-order valence-electron chi connectivity index (χ2n) is 4.42. The first kappa shape index (κ1) is 9.37. The van der Waals surface area contributed by atoms with Gasteiger partial charge in [-0.15, -0.1) is 11.3 Å². The summed E-state index contributed by atoms with van der Waals surface area (Å²) in [5, 5.41) is 2.19. The first-order valence-electron chi connectivity index (χ1n) is 5.82. The Kier molecular flexibility index (Phi) is 1.88. The summed E-state index contributed by atoms with van der Waals surface area (Å²) in [4.78, 5) is 6.23. The number of thiophene rings is 1. The molecule has 0 amide bonds. The molecule has 0 atom stereocenters. The summed E-state index contributed by atoms with van der Waals surface area (Å²) in [7, 11) is 0. The topological polar surface area (TPSA) is 12.4 Å². The number of fused-ring (bicyclic) bond motifs is 2. The molecule has 2 aromatic rings. The van der Waals surface area contributed by atoms with Gasteiger partial charge in [-0.05, 0) is 33.7 Å². The van der Waals surface area contributed by atoms with Gasteiger partial charge in [0.1, 0.15) is 0 Å². The maximum atomic E-state index is 4.72. The summed E-state index contributed by atoms with van der Waals surface area (Å²) in [6, 6.07) is 12.8. The monoisotopic (exact) mass is 237 g/mol. The number of aliphatic imine (C=N–C) groups is 1. The van der Waals surface area contributed by atoms with E-state index < -0.39 is 0 Å². The number of rotatable bonds is 1. The van der Waals surface area contributed by atoms with Crippen LogP contribution in [0, 0.1) is 0 Å². The molecule has 0 fully saturated rings. The van der Waals surface area contributed by atoms with E-state index in [9.17, 15) is 0 Å². The second-order valence-corrected chi connectivity index (χ2v) is 5.42. The first-order chi connectivity index (χ1) is 8.43. The Labute approximate surface area is 104 Å². The van der Waals surface area contributed by atoms with Gasteiger partial charge in [0.05, 0.1) is 12.3 Å². The van der Waals surface area contributed by atoms with Crippen LogP contribution in [0.3, 0.4) is 0 Å². The predicted octanol–water partition coefficient (Wildman–Crippen LogP) is 3.56. The fourth-order valence-electron chi connectivity index (χ4n) is 2.70. The van der Waals surface area contributed by atoms with Crippen LogP contribution in [0.4, 0.5) is 0 Å². The van der Waals surface area contributed by atoms with Crippen LogP contribution < -0.4 is 0 Å². The van der Waals surface area contributed by atoms with Gasteiger partial charge < -0.3 is 0 Å². The smallest absolute Gasteiger partial charge is 0.0690 e. The molecule has 2 heterocycles. The first-order valence-corrected chi connectivity index (χ1v) is 6.70. The summed E-state index contributed by atoms with van der Waals surface area (Å²) in [6.45, 7) is 0.864. The number of nitrogens with zero attached hydrogens (tertiary/aromatic N) is 1. The van der Waals surface area contributed by atoms with Gasteiger partial charge in [-0.2, -0.15) is 0 Å². The van der Waals surface area contributed by atoms with Crippen molar-refractivity contribution in [3.05, 3.63) is 63.4 Å². The van der Waals surface area contributed by atoms with Crippen LogP contribution in [0.15, 0.2) is 52.3 Å². The van der Waals surface area contributed by atoms with E-state index in [4.69, 9.17) is 4.99 Å². The van der Waals surface area contributed by atoms with Gasteiger partial charge in [0.2, 0.25) is 0 Å². The molecule has 0 radical (unpaired) electrons. The predicted molar refractivity (Wildman–Crippen MR) is 72.8 cm³/mol. The minimum absolute atomic E-state index is 0.864. The lowest BCUT2D eigenvalue weighted by molar-refractivity contribution is 1.27. The highest BCUT2D eigenvalue weighted by molar-refractivity contribution is 7.10. The van der Waals surface area contributed by atoms with Gasteiger partial charge >= 0.3 is 0 Å². The van der Waals surface area contributed by atoms with E-state index >= 15 is 0 Å². The molecule has 1 aromatic carbocycles. The van der Waals surface area contributed by atoms with Crippen LogP contribution in [-0.4, -0.2) is 12.3 Å². The summed E-state index contributed by atoms with van der Waals surface area (Å²) in [6.07, 6.45) is 1.08. The molecule has 82 valence electrons. The van der Waals surface area contributed by atoms with Crippen LogP contribution >= 0.6 is 11.3 Å². The van der Waals surface area contributed by atoms with Crippen LogP contribution in [0.25, 0.3) is 5.57 Å². The van der Waals surface area contributed by atoms with Crippen LogP contribution in [0.1, 0.15) is 16.0 Å². The maximum Gasteiger partial charge on any atom is 0.0690 e. The highest BCUT2D eigenvalue weighted by Gasteiger charge is 2.29. The van der Waals surface area contributed by atoms with Crippen molar-refractivity contribution in [1.29, 1.82) is 0 Å². The molecular weight excluding hydrogens is 226 g/mol. The Morgan fingerprint density at radius 2 is 1.88 bits per heavy atom. The summed E-state index contributed by atoms with van der Waals surface area (Å²) in [5.74, 6) is 0. The summed E-state index contributed by atoms with van der Waals surface area (Å²) in [5.41, 5.74) is 6.83. The van der Waals surface area contributed by atoms with E-state index in [-0.39, 0.29) is 0 Å². The average molecular weight is 237 g/mol. The fraction of sp³-hybridized carbons (Fsp3) is 0.133. The third-order valence-corrected chi connectivity index (χ3v) is 4.42. The summed E-state index contributed by atoms with van der Waals surface area (Å²) >= 11 is 1.87. The molecule has 17 heavy (non-hydrogen) atoms. The van der Waals surface area contributed by atoms with Gasteiger partial charge in [-0.1, -0.05) is 30.3 Å². The lowest BCUT2D eigenvalue weighted by Gasteiger charge is -2.04. The molecule has 2 heteroatoms. The molecule has 1 nitrogen and oxygen atoms in total. The molecule has 0 spiro atoms. The van der Waals surface area contributed by atoms with E-state index in [1.807, 2.05) is 11.3 Å². The fourth-order valence-corrected chi connectivity index (χ4v) is 3.61.